The van der Waals surface area contributed by atoms with E-state index in [0.29, 0.717) is 11.0 Å². The fourth-order valence-corrected chi connectivity index (χ4v) is 3.58. The lowest BCUT2D eigenvalue weighted by molar-refractivity contribution is 0.0343. The molecule has 2 amide bonds. The number of thiazole rings is 1. The van der Waals surface area contributed by atoms with Gasteiger partial charge in [0.05, 0.1) is 13.2 Å². The minimum atomic E-state index is -0.160. The van der Waals surface area contributed by atoms with Crippen molar-refractivity contribution < 1.29 is 9.53 Å². The molecule has 0 spiro atoms. The van der Waals surface area contributed by atoms with Gasteiger partial charge in [-0.05, 0) is 18.9 Å². The number of hydrogen-bond donors (Lipinski definition) is 2. The van der Waals surface area contributed by atoms with Crippen molar-refractivity contribution in [1.82, 2.24) is 20.1 Å². The lowest BCUT2D eigenvalue weighted by atomic mass is 10.1. The van der Waals surface area contributed by atoms with E-state index >= 15 is 0 Å². The number of nitrogens with zero attached hydrogens (tertiary/aromatic N) is 3. The number of aromatic nitrogens is 1. The quantitative estimate of drug-likeness (QED) is 0.806. The van der Waals surface area contributed by atoms with Gasteiger partial charge >= 0.3 is 6.03 Å². The number of anilines is 1. The maximum Gasteiger partial charge on any atom is 0.321 e. The van der Waals surface area contributed by atoms with Crippen LogP contribution in [0.25, 0.3) is 0 Å². The van der Waals surface area contributed by atoms with Gasteiger partial charge < -0.3 is 15.0 Å². The number of carbonyl (C=O) groups excluding carboxylic acids is 1. The first-order valence-electron chi connectivity index (χ1n) is 8.26. The van der Waals surface area contributed by atoms with Crippen LogP contribution in [0.4, 0.5) is 9.93 Å². The zero-order valence-electron chi connectivity index (χ0n) is 13.4. The van der Waals surface area contributed by atoms with Crippen molar-refractivity contribution in [3.8, 4) is 0 Å². The van der Waals surface area contributed by atoms with E-state index in [1.54, 1.807) is 6.20 Å². The van der Waals surface area contributed by atoms with Crippen molar-refractivity contribution in [1.29, 1.82) is 0 Å². The Hall–Kier alpha value is -1.22. The minimum Gasteiger partial charge on any atom is -0.379 e. The summed E-state index contributed by atoms with van der Waals surface area (Å²) < 4.78 is 5.38. The third kappa shape index (κ3) is 5.42. The highest BCUT2D eigenvalue weighted by Gasteiger charge is 2.23. The maximum absolute atomic E-state index is 11.8. The highest BCUT2D eigenvalue weighted by atomic mass is 32.1. The van der Waals surface area contributed by atoms with Crippen LogP contribution in [-0.4, -0.2) is 79.8 Å². The van der Waals surface area contributed by atoms with Gasteiger partial charge in [0.25, 0.3) is 0 Å². The molecular formula is C15H25N5O2S. The molecule has 8 heteroatoms. The molecule has 3 heterocycles. The fraction of sp³-hybridized carbons (Fsp3) is 0.733. The average Bonchev–Trinajstić information content (AvgIpc) is 3.24. The summed E-state index contributed by atoms with van der Waals surface area (Å²) in [5.74, 6) is 0.543. The van der Waals surface area contributed by atoms with Gasteiger partial charge in [-0.3, -0.25) is 10.2 Å². The van der Waals surface area contributed by atoms with Gasteiger partial charge in [-0.25, -0.2) is 9.78 Å². The molecule has 1 aromatic rings. The number of nitrogens with one attached hydrogen (secondary N) is 2. The standard InChI is InChI=1S/C15H25N5O2S/c21-14(18-15-16-2-10-23-15)17-11-13-1-3-20(12-13)5-4-19-6-8-22-9-7-19/h2,10,13H,1,3-9,11-12H2,(H2,16,17,18,21)/t13-/m0/s1. The van der Waals surface area contributed by atoms with Crippen LogP contribution in [0.15, 0.2) is 11.6 Å². The van der Waals surface area contributed by atoms with Gasteiger partial charge in [0.1, 0.15) is 0 Å². The van der Waals surface area contributed by atoms with Gasteiger partial charge in [-0.15, -0.1) is 11.3 Å². The van der Waals surface area contributed by atoms with Gasteiger partial charge in [-0.2, -0.15) is 0 Å². The van der Waals surface area contributed by atoms with E-state index < -0.39 is 0 Å². The zero-order valence-corrected chi connectivity index (χ0v) is 14.2. The lowest BCUT2D eigenvalue weighted by Crippen LogP contribution is -2.41. The van der Waals surface area contributed by atoms with E-state index in [-0.39, 0.29) is 6.03 Å². The molecule has 0 aliphatic carbocycles. The molecule has 0 radical (unpaired) electrons. The molecule has 0 bridgehead atoms. The number of morpholine rings is 1. The Kier molecular flexibility index (Phi) is 6.21. The highest BCUT2D eigenvalue weighted by Crippen LogP contribution is 2.15. The second kappa shape index (κ2) is 8.58. The summed E-state index contributed by atoms with van der Waals surface area (Å²) in [6.07, 6.45) is 2.84. The number of amides is 2. The Morgan fingerprint density at radius 2 is 2.13 bits per heavy atom. The first-order chi connectivity index (χ1) is 11.3. The predicted molar refractivity (Wildman–Crippen MR) is 90.9 cm³/mol. The van der Waals surface area contributed by atoms with E-state index in [9.17, 15) is 4.79 Å². The Bertz CT molecular complexity index is 478. The van der Waals surface area contributed by atoms with Crippen molar-refractivity contribution >= 4 is 22.5 Å². The molecule has 23 heavy (non-hydrogen) atoms. The fourth-order valence-electron chi connectivity index (χ4n) is 3.05. The Morgan fingerprint density at radius 3 is 2.91 bits per heavy atom. The van der Waals surface area contributed by atoms with E-state index in [0.717, 1.165) is 65.4 Å². The zero-order chi connectivity index (χ0) is 15.9. The van der Waals surface area contributed by atoms with Crippen molar-refractivity contribution in [3.63, 3.8) is 0 Å². The van der Waals surface area contributed by atoms with Crippen LogP contribution in [0.1, 0.15) is 6.42 Å². The minimum absolute atomic E-state index is 0.160. The van der Waals surface area contributed by atoms with E-state index in [4.69, 9.17) is 4.74 Å². The molecule has 1 aromatic heterocycles. The van der Waals surface area contributed by atoms with E-state index in [1.165, 1.54) is 11.3 Å². The summed E-state index contributed by atoms with van der Waals surface area (Å²) in [4.78, 5) is 20.8. The van der Waals surface area contributed by atoms with E-state index in [2.05, 4.69) is 25.4 Å². The molecule has 2 aliphatic rings. The number of urea groups is 1. The van der Waals surface area contributed by atoms with E-state index in [1.807, 2.05) is 5.38 Å². The summed E-state index contributed by atoms with van der Waals surface area (Å²) in [5.41, 5.74) is 0. The number of rotatable bonds is 6. The average molecular weight is 339 g/mol. The Morgan fingerprint density at radius 1 is 1.30 bits per heavy atom. The molecule has 1 atom stereocenters. The van der Waals surface area contributed by atoms with Crippen LogP contribution in [0.2, 0.25) is 0 Å². The SMILES string of the molecule is O=C(NC[C@@H]1CCN(CCN2CCOCC2)C1)Nc1nccs1. The number of hydrogen-bond acceptors (Lipinski definition) is 6. The molecular weight excluding hydrogens is 314 g/mol. The molecule has 3 rings (SSSR count). The number of carbonyl (C=O) groups is 1. The highest BCUT2D eigenvalue weighted by molar-refractivity contribution is 7.13. The van der Waals surface area contributed by atoms with Crippen molar-refractivity contribution in [3.05, 3.63) is 11.6 Å². The maximum atomic E-state index is 11.8. The summed E-state index contributed by atoms with van der Waals surface area (Å²) in [7, 11) is 0. The van der Waals surface area contributed by atoms with Crippen molar-refractivity contribution in [2.75, 3.05) is 64.3 Å². The summed E-state index contributed by atoms with van der Waals surface area (Å²) in [6, 6.07) is -0.160. The number of ether oxygens (including phenoxy) is 1. The monoisotopic (exact) mass is 339 g/mol. The first kappa shape index (κ1) is 16.6. The van der Waals surface area contributed by atoms with Gasteiger partial charge in [0.15, 0.2) is 5.13 Å². The molecule has 0 aromatic carbocycles. The smallest absolute Gasteiger partial charge is 0.321 e. The predicted octanol–water partition coefficient (Wildman–Crippen LogP) is 0.919. The molecule has 128 valence electrons. The van der Waals surface area contributed by atoms with Crippen LogP contribution in [0.3, 0.4) is 0 Å². The first-order valence-corrected chi connectivity index (χ1v) is 9.14. The summed E-state index contributed by atoms with van der Waals surface area (Å²) in [6.45, 7) is 8.99. The molecule has 7 nitrogen and oxygen atoms in total. The molecule has 2 N–H and O–H groups in total. The van der Waals surface area contributed by atoms with Gasteiger partial charge in [0.2, 0.25) is 0 Å². The molecule has 0 saturated carbocycles. The van der Waals surface area contributed by atoms with Crippen molar-refractivity contribution in [2.45, 2.75) is 6.42 Å². The van der Waals surface area contributed by atoms with Gasteiger partial charge in [0, 0.05) is 50.8 Å². The van der Waals surface area contributed by atoms with Crippen LogP contribution >= 0.6 is 11.3 Å². The topological polar surface area (TPSA) is 69.7 Å². The normalized spacial score (nSPS) is 23.0. The largest absolute Gasteiger partial charge is 0.379 e. The van der Waals surface area contributed by atoms with Crippen LogP contribution in [-0.2, 0) is 4.74 Å². The molecule has 2 fully saturated rings. The molecule has 0 unspecified atom stereocenters. The van der Waals surface area contributed by atoms with Crippen LogP contribution in [0, 0.1) is 5.92 Å². The second-order valence-corrected chi connectivity index (χ2v) is 6.98. The molecule has 2 aliphatic heterocycles. The summed E-state index contributed by atoms with van der Waals surface area (Å²) in [5, 5.41) is 8.19. The lowest BCUT2D eigenvalue weighted by Gasteiger charge is -2.28. The summed E-state index contributed by atoms with van der Waals surface area (Å²) >= 11 is 1.43. The third-order valence-electron chi connectivity index (χ3n) is 4.41. The third-order valence-corrected chi connectivity index (χ3v) is 5.10. The van der Waals surface area contributed by atoms with Crippen LogP contribution in [0.5, 0.6) is 0 Å². The Balaban J connectivity index is 1.29. The van der Waals surface area contributed by atoms with Crippen LogP contribution < -0.4 is 10.6 Å². The number of likely N-dealkylation sites (tertiary alicyclic amines) is 1. The Labute approximate surface area is 141 Å². The molecule has 2 saturated heterocycles. The van der Waals surface area contributed by atoms with Gasteiger partial charge in [-0.1, -0.05) is 0 Å². The van der Waals surface area contributed by atoms with Crippen molar-refractivity contribution in [2.24, 2.45) is 5.92 Å². The second-order valence-electron chi connectivity index (χ2n) is 6.08.